The number of aromatic nitrogens is 2. The highest BCUT2D eigenvalue weighted by Gasteiger charge is 2.21. The maximum Gasteiger partial charge on any atom is 0.281 e. The van der Waals surface area contributed by atoms with E-state index >= 15 is 0 Å². The molecule has 2 heterocycles. The molecule has 0 saturated carbocycles. The molecule has 0 spiro atoms. The Bertz CT molecular complexity index is 977. The summed E-state index contributed by atoms with van der Waals surface area (Å²) < 4.78 is 1.47. The third-order valence-corrected chi connectivity index (χ3v) is 4.33. The van der Waals surface area contributed by atoms with Crippen LogP contribution in [0.3, 0.4) is 0 Å². The van der Waals surface area contributed by atoms with Gasteiger partial charge in [-0.3, -0.25) is 14.0 Å². The SMILES string of the molecule is CCC(C(=O)Nc1c(C)nc2ccc(C)cn2c1=O)c1ccccc1. The highest BCUT2D eigenvalue weighted by atomic mass is 16.2. The molecule has 128 valence electrons. The number of benzene rings is 1. The van der Waals surface area contributed by atoms with Gasteiger partial charge in [-0.05, 0) is 37.5 Å². The van der Waals surface area contributed by atoms with Crippen molar-refractivity contribution in [3.05, 3.63) is 75.8 Å². The Morgan fingerprint density at radius 1 is 1.16 bits per heavy atom. The molecular formula is C20H21N3O2. The normalized spacial score (nSPS) is 12.1. The third-order valence-electron chi connectivity index (χ3n) is 4.33. The number of carbonyl (C=O) groups is 1. The highest BCUT2D eigenvalue weighted by Crippen LogP contribution is 2.21. The summed E-state index contributed by atoms with van der Waals surface area (Å²) in [6, 6.07) is 13.3. The van der Waals surface area contributed by atoms with Crippen molar-refractivity contribution in [2.24, 2.45) is 0 Å². The van der Waals surface area contributed by atoms with Crippen LogP contribution < -0.4 is 10.9 Å². The van der Waals surface area contributed by atoms with Crippen LogP contribution in [0.25, 0.3) is 5.65 Å². The van der Waals surface area contributed by atoms with Crippen LogP contribution in [0.1, 0.15) is 36.1 Å². The number of carbonyl (C=O) groups excluding carboxylic acids is 1. The van der Waals surface area contributed by atoms with Crippen LogP contribution in [0.2, 0.25) is 0 Å². The average molecular weight is 335 g/mol. The van der Waals surface area contributed by atoms with Crippen molar-refractivity contribution in [2.45, 2.75) is 33.1 Å². The quantitative estimate of drug-likeness (QED) is 0.794. The molecule has 25 heavy (non-hydrogen) atoms. The van der Waals surface area contributed by atoms with E-state index in [-0.39, 0.29) is 23.1 Å². The van der Waals surface area contributed by atoms with Gasteiger partial charge in [-0.2, -0.15) is 0 Å². The van der Waals surface area contributed by atoms with Crippen LogP contribution in [0.5, 0.6) is 0 Å². The summed E-state index contributed by atoms with van der Waals surface area (Å²) in [5.74, 6) is -0.499. The lowest BCUT2D eigenvalue weighted by Gasteiger charge is -2.16. The van der Waals surface area contributed by atoms with E-state index in [2.05, 4.69) is 10.3 Å². The minimum absolute atomic E-state index is 0.191. The van der Waals surface area contributed by atoms with Gasteiger partial charge in [0.2, 0.25) is 5.91 Å². The summed E-state index contributed by atoms with van der Waals surface area (Å²) in [6.07, 6.45) is 2.38. The van der Waals surface area contributed by atoms with Crippen LogP contribution in [0.15, 0.2) is 53.5 Å². The first kappa shape index (κ1) is 16.9. The van der Waals surface area contributed by atoms with Crippen LogP contribution in [0, 0.1) is 13.8 Å². The van der Waals surface area contributed by atoms with E-state index in [1.54, 1.807) is 19.2 Å². The summed E-state index contributed by atoms with van der Waals surface area (Å²) in [6.45, 7) is 5.60. The Morgan fingerprint density at radius 3 is 2.56 bits per heavy atom. The molecule has 0 bridgehead atoms. The fraction of sp³-hybridized carbons (Fsp3) is 0.250. The summed E-state index contributed by atoms with van der Waals surface area (Å²) in [5.41, 5.74) is 2.95. The maximum atomic E-state index is 12.8. The van der Waals surface area contributed by atoms with Gasteiger partial charge in [-0.1, -0.05) is 43.3 Å². The van der Waals surface area contributed by atoms with Gasteiger partial charge in [-0.15, -0.1) is 0 Å². The minimum Gasteiger partial charge on any atom is -0.319 e. The van der Waals surface area contributed by atoms with E-state index in [1.165, 1.54) is 4.40 Å². The van der Waals surface area contributed by atoms with Gasteiger partial charge in [0.05, 0.1) is 11.6 Å². The first-order chi connectivity index (χ1) is 12.0. The Kier molecular flexibility index (Phi) is 4.65. The number of nitrogens with zero attached hydrogens (tertiary/aromatic N) is 2. The molecule has 1 aromatic carbocycles. The van der Waals surface area contributed by atoms with E-state index in [4.69, 9.17) is 0 Å². The topological polar surface area (TPSA) is 63.5 Å². The largest absolute Gasteiger partial charge is 0.319 e. The summed E-state index contributed by atoms with van der Waals surface area (Å²) >= 11 is 0. The number of anilines is 1. The van der Waals surface area contributed by atoms with Gasteiger partial charge >= 0.3 is 0 Å². The second kappa shape index (κ2) is 6.89. The van der Waals surface area contributed by atoms with Crippen LogP contribution in [-0.4, -0.2) is 15.3 Å². The molecule has 0 saturated heterocycles. The van der Waals surface area contributed by atoms with Crippen molar-refractivity contribution < 1.29 is 4.79 Å². The van der Waals surface area contributed by atoms with Gasteiger partial charge in [0.1, 0.15) is 11.3 Å². The Labute approximate surface area is 146 Å². The molecule has 1 atom stereocenters. The minimum atomic E-state index is -0.307. The predicted octanol–water partition coefficient (Wildman–Crippen LogP) is 3.44. The number of nitrogens with one attached hydrogen (secondary N) is 1. The van der Waals surface area contributed by atoms with Crippen molar-refractivity contribution in [3.63, 3.8) is 0 Å². The molecular weight excluding hydrogens is 314 g/mol. The Hall–Kier alpha value is -2.95. The Morgan fingerprint density at radius 2 is 1.88 bits per heavy atom. The maximum absolute atomic E-state index is 12.8. The predicted molar refractivity (Wildman–Crippen MR) is 99.0 cm³/mol. The lowest BCUT2D eigenvalue weighted by atomic mass is 9.95. The number of hydrogen-bond acceptors (Lipinski definition) is 3. The number of aryl methyl sites for hydroxylation is 2. The molecule has 2 aromatic heterocycles. The third kappa shape index (κ3) is 3.31. The van der Waals surface area contributed by atoms with Crippen LogP contribution in [-0.2, 0) is 4.79 Å². The molecule has 0 aliphatic carbocycles. The molecule has 3 aromatic rings. The molecule has 0 radical (unpaired) electrons. The van der Waals surface area contributed by atoms with Crippen LogP contribution in [0.4, 0.5) is 5.69 Å². The second-order valence-electron chi connectivity index (χ2n) is 6.17. The number of amides is 1. The molecule has 1 N–H and O–H groups in total. The summed E-state index contributed by atoms with van der Waals surface area (Å²) in [7, 11) is 0. The van der Waals surface area contributed by atoms with E-state index in [0.29, 0.717) is 17.8 Å². The highest BCUT2D eigenvalue weighted by molar-refractivity contribution is 5.96. The number of pyridine rings is 1. The Balaban J connectivity index is 1.99. The fourth-order valence-corrected chi connectivity index (χ4v) is 2.97. The second-order valence-corrected chi connectivity index (χ2v) is 6.17. The first-order valence-corrected chi connectivity index (χ1v) is 8.36. The molecule has 0 aliphatic heterocycles. The number of hydrogen-bond donors (Lipinski definition) is 1. The number of rotatable bonds is 4. The fourth-order valence-electron chi connectivity index (χ4n) is 2.97. The lowest BCUT2D eigenvalue weighted by molar-refractivity contribution is -0.117. The standard InChI is InChI=1S/C20H21N3O2/c1-4-16(15-8-6-5-7-9-15)19(24)22-18-14(3)21-17-11-10-13(2)12-23(17)20(18)25/h5-12,16H,4H2,1-3H3,(H,22,24). The summed E-state index contributed by atoms with van der Waals surface area (Å²) in [5, 5.41) is 2.80. The van der Waals surface area contributed by atoms with Crippen molar-refractivity contribution in [2.75, 3.05) is 5.32 Å². The average Bonchev–Trinajstić information content (AvgIpc) is 2.61. The van der Waals surface area contributed by atoms with Crippen molar-refractivity contribution in [1.29, 1.82) is 0 Å². The van der Waals surface area contributed by atoms with E-state index in [0.717, 1.165) is 11.1 Å². The summed E-state index contributed by atoms with van der Waals surface area (Å²) in [4.78, 5) is 30.0. The molecule has 3 rings (SSSR count). The molecule has 0 fully saturated rings. The monoisotopic (exact) mass is 335 g/mol. The van der Waals surface area contributed by atoms with Gasteiger partial charge in [0, 0.05) is 6.20 Å². The first-order valence-electron chi connectivity index (χ1n) is 8.36. The van der Waals surface area contributed by atoms with Gasteiger partial charge in [0.25, 0.3) is 5.56 Å². The van der Waals surface area contributed by atoms with Crippen LogP contribution >= 0.6 is 0 Å². The zero-order chi connectivity index (χ0) is 18.0. The molecule has 5 nitrogen and oxygen atoms in total. The zero-order valence-electron chi connectivity index (χ0n) is 14.6. The van der Waals surface area contributed by atoms with E-state index in [1.807, 2.05) is 50.2 Å². The van der Waals surface area contributed by atoms with Crippen molar-refractivity contribution >= 4 is 17.2 Å². The molecule has 1 unspecified atom stereocenters. The van der Waals surface area contributed by atoms with Crippen molar-refractivity contribution in [3.8, 4) is 0 Å². The smallest absolute Gasteiger partial charge is 0.281 e. The molecule has 0 aliphatic rings. The van der Waals surface area contributed by atoms with Gasteiger partial charge < -0.3 is 5.32 Å². The zero-order valence-corrected chi connectivity index (χ0v) is 14.6. The van der Waals surface area contributed by atoms with Crippen molar-refractivity contribution in [1.82, 2.24) is 9.38 Å². The molecule has 1 amide bonds. The van der Waals surface area contributed by atoms with E-state index in [9.17, 15) is 9.59 Å². The molecule has 5 heteroatoms. The van der Waals surface area contributed by atoms with Gasteiger partial charge in [-0.25, -0.2) is 4.98 Å². The number of fused-ring (bicyclic) bond motifs is 1. The lowest BCUT2D eigenvalue weighted by Crippen LogP contribution is -2.28. The van der Waals surface area contributed by atoms with Gasteiger partial charge in [0.15, 0.2) is 0 Å². The van der Waals surface area contributed by atoms with E-state index < -0.39 is 0 Å².